The van der Waals surface area contributed by atoms with Gasteiger partial charge in [-0.25, -0.2) is 4.39 Å². The lowest BCUT2D eigenvalue weighted by Crippen LogP contribution is -1.85. The van der Waals surface area contributed by atoms with Crippen molar-refractivity contribution in [3.8, 4) is 0 Å². The van der Waals surface area contributed by atoms with E-state index >= 15 is 0 Å². The number of rotatable bonds is 3. The van der Waals surface area contributed by atoms with E-state index in [0.29, 0.717) is 5.57 Å². The van der Waals surface area contributed by atoms with Crippen LogP contribution in [0.25, 0.3) is 0 Å². The zero-order valence-electron chi connectivity index (χ0n) is 6.10. The maximum Gasteiger partial charge on any atom is 0.248 e. The molecule has 0 unspecified atom stereocenters. The highest BCUT2D eigenvalue weighted by atomic mass is 35.5. The Morgan fingerprint density at radius 3 is 2.45 bits per heavy atom. The summed E-state index contributed by atoms with van der Waals surface area (Å²) < 4.78 is 12.3. The van der Waals surface area contributed by atoms with Gasteiger partial charge in [0, 0.05) is 5.57 Å². The quantitative estimate of drug-likeness (QED) is 0.365. The van der Waals surface area contributed by atoms with Crippen molar-refractivity contribution in [2.45, 2.75) is 6.92 Å². The molecule has 0 aromatic carbocycles. The second-order valence-electron chi connectivity index (χ2n) is 1.88. The normalized spacial score (nSPS) is 13.0. The lowest BCUT2D eigenvalue weighted by atomic mass is 10.3. The zero-order chi connectivity index (χ0) is 8.85. The number of carbonyl (C=O) groups excluding carboxylic acids is 1. The van der Waals surface area contributed by atoms with Gasteiger partial charge in [0.05, 0.1) is 0 Å². The summed E-state index contributed by atoms with van der Waals surface area (Å²) in [5.41, 5.74) is 0.295. The SMILES string of the molecule is C=C/C(F)=C\C=C(/C)C(=O)Cl. The average Bonchev–Trinajstić information content (AvgIpc) is 1.99. The zero-order valence-corrected chi connectivity index (χ0v) is 6.86. The van der Waals surface area contributed by atoms with Crippen molar-refractivity contribution in [1.29, 1.82) is 0 Å². The lowest BCUT2D eigenvalue weighted by Gasteiger charge is -1.86. The van der Waals surface area contributed by atoms with E-state index in [1.165, 1.54) is 13.0 Å². The van der Waals surface area contributed by atoms with E-state index in [9.17, 15) is 9.18 Å². The molecule has 11 heavy (non-hydrogen) atoms. The maximum atomic E-state index is 12.3. The van der Waals surface area contributed by atoms with E-state index in [-0.39, 0.29) is 0 Å². The van der Waals surface area contributed by atoms with Crippen LogP contribution in [0.15, 0.2) is 36.2 Å². The molecule has 0 aromatic rings. The molecule has 0 bridgehead atoms. The van der Waals surface area contributed by atoms with Crippen molar-refractivity contribution in [2.75, 3.05) is 0 Å². The molecule has 0 saturated carbocycles. The summed E-state index contributed by atoms with van der Waals surface area (Å²) in [6, 6.07) is 0. The van der Waals surface area contributed by atoms with Crippen LogP contribution in [-0.2, 0) is 4.79 Å². The predicted octanol–water partition coefficient (Wildman–Crippen LogP) is 2.74. The minimum atomic E-state index is -0.585. The van der Waals surface area contributed by atoms with Crippen LogP contribution in [0.3, 0.4) is 0 Å². The van der Waals surface area contributed by atoms with Crippen LogP contribution in [0.4, 0.5) is 4.39 Å². The molecule has 0 aromatic heterocycles. The van der Waals surface area contributed by atoms with Crippen molar-refractivity contribution < 1.29 is 9.18 Å². The molecule has 0 heterocycles. The van der Waals surface area contributed by atoms with E-state index in [1.807, 2.05) is 0 Å². The Kier molecular flexibility index (Phi) is 4.46. The van der Waals surface area contributed by atoms with Gasteiger partial charge in [0.1, 0.15) is 5.83 Å². The third kappa shape index (κ3) is 4.51. The van der Waals surface area contributed by atoms with Crippen molar-refractivity contribution in [3.05, 3.63) is 36.2 Å². The van der Waals surface area contributed by atoms with Gasteiger partial charge in [-0.3, -0.25) is 4.79 Å². The van der Waals surface area contributed by atoms with Crippen molar-refractivity contribution in [2.24, 2.45) is 0 Å². The first kappa shape index (κ1) is 10.1. The molecule has 0 atom stereocenters. The molecule has 0 fully saturated rings. The fourth-order valence-electron chi connectivity index (χ4n) is 0.338. The molecule has 3 heteroatoms. The molecular formula is C8H8ClFO. The first-order chi connectivity index (χ1) is 5.07. The number of halogens is 2. The third-order valence-electron chi connectivity index (χ3n) is 0.998. The van der Waals surface area contributed by atoms with Gasteiger partial charge in [0.2, 0.25) is 5.24 Å². The topological polar surface area (TPSA) is 17.1 Å². The van der Waals surface area contributed by atoms with Gasteiger partial charge >= 0.3 is 0 Å². The van der Waals surface area contributed by atoms with Crippen molar-refractivity contribution in [3.63, 3.8) is 0 Å². The Balaban J connectivity index is 4.34. The molecule has 0 aliphatic carbocycles. The maximum absolute atomic E-state index is 12.3. The van der Waals surface area contributed by atoms with E-state index in [4.69, 9.17) is 11.6 Å². The first-order valence-corrected chi connectivity index (χ1v) is 3.32. The molecule has 0 radical (unpaired) electrons. The molecule has 0 spiro atoms. The molecule has 0 aliphatic rings. The highest BCUT2D eigenvalue weighted by Gasteiger charge is 1.95. The first-order valence-electron chi connectivity index (χ1n) is 2.94. The lowest BCUT2D eigenvalue weighted by molar-refractivity contribution is -0.108. The number of carbonyl (C=O) groups is 1. The van der Waals surface area contributed by atoms with Crippen molar-refractivity contribution >= 4 is 16.8 Å². The smallest absolute Gasteiger partial charge is 0.248 e. The molecule has 60 valence electrons. The van der Waals surface area contributed by atoms with Gasteiger partial charge in [-0.05, 0) is 30.7 Å². The van der Waals surface area contributed by atoms with Gasteiger partial charge < -0.3 is 0 Å². The van der Waals surface area contributed by atoms with E-state index in [1.54, 1.807) is 0 Å². The van der Waals surface area contributed by atoms with E-state index in [0.717, 1.165) is 12.2 Å². The van der Waals surface area contributed by atoms with Crippen LogP contribution in [-0.4, -0.2) is 5.24 Å². The fourth-order valence-corrected chi connectivity index (χ4v) is 0.401. The summed E-state index contributed by atoms with van der Waals surface area (Å²) in [6.07, 6.45) is 3.47. The Labute approximate surface area is 69.9 Å². The summed E-state index contributed by atoms with van der Waals surface area (Å²) in [7, 11) is 0. The van der Waals surface area contributed by atoms with Crippen LogP contribution in [0.5, 0.6) is 0 Å². The minimum absolute atomic E-state index is 0.295. The molecule has 0 rings (SSSR count). The summed E-state index contributed by atoms with van der Waals surface area (Å²) in [4.78, 5) is 10.4. The van der Waals surface area contributed by atoms with Gasteiger partial charge in [-0.15, -0.1) is 0 Å². The molecule has 0 N–H and O–H groups in total. The predicted molar refractivity (Wildman–Crippen MR) is 44.0 cm³/mol. The largest absolute Gasteiger partial charge is 0.276 e. The van der Waals surface area contributed by atoms with Crippen molar-refractivity contribution in [1.82, 2.24) is 0 Å². The number of hydrogen-bond acceptors (Lipinski definition) is 1. The van der Waals surface area contributed by atoms with Crippen LogP contribution in [0.1, 0.15) is 6.92 Å². The van der Waals surface area contributed by atoms with Gasteiger partial charge in [0.25, 0.3) is 0 Å². The fraction of sp³-hybridized carbons (Fsp3) is 0.125. The van der Waals surface area contributed by atoms with E-state index < -0.39 is 11.1 Å². The summed E-state index contributed by atoms with van der Waals surface area (Å²) in [5, 5.41) is -0.585. The second-order valence-corrected chi connectivity index (χ2v) is 2.22. The van der Waals surface area contributed by atoms with Crippen LogP contribution >= 0.6 is 11.6 Å². The molecule has 0 aliphatic heterocycles. The Morgan fingerprint density at radius 1 is 1.55 bits per heavy atom. The number of allylic oxidation sites excluding steroid dienone is 5. The Bertz CT molecular complexity index is 228. The number of hydrogen-bond donors (Lipinski definition) is 0. The minimum Gasteiger partial charge on any atom is -0.276 e. The highest BCUT2D eigenvalue weighted by Crippen LogP contribution is 2.02. The standard InChI is InChI=1S/C8H8ClFO/c1-3-7(10)5-4-6(2)8(9)11/h3-5H,1H2,2H3/b6-4+,7-5+. The Hall–Kier alpha value is -0.890. The third-order valence-corrected chi connectivity index (χ3v) is 1.30. The summed E-state index contributed by atoms with van der Waals surface area (Å²) in [6.45, 7) is 4.70. The summed E-state index contributed by atoms with van der Waals surface area (Å²) >= 11 is 5.07. The Morgan fingerprint density at radius 2 is 2.09 bits per heavy atom. The molecular weight excluding hydrogens is 167 g/mol. The van der Waals surface area contributed by atoms with Gasteiger partial charge in [-0.1, -0.05) is 12.7 Å². The highest BCUT2D eigenvalue weighted by molar-refractivity contribution is 6.67. The molecule has 0 amide bonds. The molecule has 1 nitrogen and oxygen atoms in total. The summed E-state index contributed by atoms with van der Waals surface area (Å²) in [5.74, 6) is -0.498. The monoisotopic (exact) mass is 174 g/mol. The van der Waals surface area contributed by atoms with E-state index in [2.05, 4.69) is 6.58 Å². The molecule has 0 saturated heterocycles. The average molecular weight is 175 g/mol. The van der Waals surface area contributed by atoms with Gasteiger partial charge in [-0.2, -0.15) is 0 Å². The second kappa shape index (κ2) is 4.85. The van der Waals surface area contributed by atoms with Crippen LogP contribution in [0, 0.1) is 0 Å². The van der Waals surface area contributed by atoms with Gasteiger partial charge in [0.15, 0.2) is 0 Å². The van der Waals surface area contributed by atoms with Crippen LogP contribution in [0.2, 0.25) is 0 Å². The van der Waals surface area contributed by atoms with Crippen LogP contribution < -0.4 is 0 Å².